The quantitative estimate of drug-likeness (QED) is 0.574. The number of piperidine rings is 3. The molecule has 0 spiro atoms. The molecular weight excluding hydrogens is 286 g/mol. The number of nitrogens with zero attached hydrogens (tertiary/aromatic N) is 1. The molecule has 0 aromatic rings. The van der Waals surface area contributed by atoms with Crippen molar-refractivity contribution in [3.8, 4) is 0 Å². The summed E-state index contributed by atoms with van der Waals surface area (Å²) >= 11 is 2.07. The molecule has 4 aliphatic rings. The van der Waals surface area contributed by atoms with Crippen LogP contribution in [0, 0.1) is 11.8 Å². The van der Waals surface area contributed by atoms with Crippen LogP contribution in [-0.4, -0.2) is 56.4 Å². The van der Waals surface area contributed by atoms with Gasteiger partial charge in [-0.2, -0.15) is 11.8 Å². The van der Waals surface area contributed by atoms with Gasteiger partial charge in [-0.25, -0.2) is 0 Å². The molecule has 4 heterocycles. The van der Waals surface area contributed by atoms with Crippen LogP contribution in [0.4, 0.5) is 0 Å². The van der Waals surface area contributed by atoms with Crippen LogP contribution < -0.4 is 0 Å². The average Bonchev–Trinajstić information content (AvgIpc) is 2.70. The molecule has 3 nitrogen and oxygen atoms in total. The van der Waals surface area contributed by atoms with E-state index >= 15 is 0 Å². The van der Waals surface area contributed by atoms with Crippen molar-refractivity contribution in [2.45, 2.75) is 51.9 Å². The van der Waals surface area contributed by atoms with Crippen molar-refractivity contribution in [2.75, 3.05) is 30.8 Å². The molecule has 0 aromatic carbocycles. The van der Waals surface area contributed by atoms with Gasteiger partial charge in [-0.1, -0.05) is 0 Å². The van der Waals surface area contributed by atoms with Crippen LogP contribution in [0.5, 0.6) is 0 Å². The highest BCUT2D eigenvalue weighted by Crippen LogP contribution is 2.35. The normalized spacial score (nSPS) is 47.9. The Hall–Kier alpha value is 0.447. The Labute approximate surface area is 129 Å². The summed E-state index contributed by atoms with van der Waals surface area (Å²) < 4.78 is 12.2. The summed E-state index contributed by atoms with van der Waals surface area (Å²) in [6.45, 7) is 10.6. The molecule has 0 N–H and O–H groups in total. The summed E-state index contributed by atoms with van der Waals surface area (Å²) in [5, 5.41) is 1.10. The van der Waals surface area contributed by atoms with Gasteiger partial charge in [0.2, 0.25) is 0 Å². The van der Waals surface area contributed by atoms with Crippen LogP contribution in [0.2, 0.25) is 6.55 Å². The van der Waals surface area contributed by atoms with E-state index in [4.69, 9.17) is 8.85 Å². The molecule has 4 aliphatic heterocycles. The van der Waals surface area contributed by atoms with Crippen molar-refractivity contribution >= 4 is 20.3 Å². The van der Waals surface area contributed by atoms with Gasteiger partial charge < -0.3 is 13.8 Å². The van der Waals surface area contributed by atoms with Crippen molar-refractivity contribution in [1.82, 2.24) is 4.90 Å². The largest absolute Gasteiger partial charge is 0.388 e. The predicted octanol–water partition coefficient (Wildman–Crippen LogP) is 2.89. The molecule has 3 atom stereocenters. The van der Waals surface area contributed by atoms with Crippen LogP contribution in [0.3, 0.4) is 0 Å². The Morgan fingerprint density at radius 3 is 2.35 bits per heavy atom. The third-order valence-electron chi connectivity index (χ3n) is 5.32. The van der Waals surface area contributed by atoms with E-state index in [2.05, 4.69) is 37.1 Å². The minimum atomic E-state index is -1.86. The maximum atomic E-state index is 6.09. The van der Waals surface area contributed by atoms with E-state index in [1.165, 1.54) is 44.6 Å². The summed E-state index contributed by atoms with van der Waals surface area (Å²) in [5.41, 5.74) is 0. The lowest BCUT2D eigenvalue weighted by Crippen LogP contribution is -2.47. The lowest BCUT2D eigenvalue weighted by molar-refractivity contribution is 0.0498. The monoisotopic (exact) mass is 315 g/mol. The maximum Gasteiger partial charge on any atom is 0.345 e. The maximum absolute atomic E-state index is 6.09. The molecule has 2 bridgehead atoms. The first-order valence-electron chi connectivity index (χ1n) is 8.21. The van der Waals surface area contributed by atoms with Crippen LogP contribution in [0.15, 0.2) is 0 Å². The van der Waals surface area contributed by atoms with Crippen molar-refractivity contribution in [1.29, 1.82) is 0 Å². The molecule has 0 amide bonds. The summed E-state index contributed by atoms with van der Waals surface area (Å²) in [5.74, 6) is 3.27. The topological polar surface area (TPSA) is 21.7 Å². The number of hydrogen-bond donors (Lipinski definition) is 0. The molecule has 0 aromatic heterocycles. The molecule has 0 radical (unpaired) electrons. The van der Waals surface area contributed by atoms with Crippen molar-refractivity contribution in [3.05, 3.63) is 0 Å². The van der Waals surface area contributed by atoms with Gasteiger partial charge in [0, 0.05) is 11.9 Å². The van der Waals surface area contributed by atoms with Crippen molar-refractivity contribution < 1.29 is 8.85 Å². The van der Waals surface area contributed by atoms with Crippen molar-refractivity contribution in [3.63, 3.8) is 0 Å². The van der Waals surface area contributed by atoms with E-state index in [1.54, 1.807) is 0 Å². The second kappa shape index (κ2) is 6.29. The highest BCUT2D eigenvalue weighted by Gasteiger charge is 2.43. The summed E-state index contributed by atoms with van der Waals surface area (Å²) in [6.07, 6.45) is 4.86. The van der Waals surface area contributed by atoms with Crippen LogP contribution >= 0.6 is 11.8 Å². The molecule has 5 heteroatoms. The van der Waals surface area contributed by atoms with E-state index in [9.17, 15) is 0 Å². The summed E-state index contributed by atoms with van der Waals surface area (Å²) in [4.78, 5) is 2.66. The summed E-state index contributed by atoms with van der Waals surface area (Å²) in [6, 6.07) is 0. The van der Waals surface area contributed by atoms with Crippen LogP contribution in [0.1, 0.15) is 33.1 Å². The van der Waals surface area contributed by atoms with E-state index in [1.807, 2.05) is 0 Å². The minimum Gasteiger partial charge on any atom is -0.388 e. The van der Waals surface area contributed by atoms with E-state index in [0.717, 1.165) is 17.2 Å². The first-order chi connectivity index (χ1) is 9.56. The molecule has 3 unspecified atom stereocenters. The number of hydrogen-bond acceptors (Lipinski definition) is 4. The number of thioether (sulfide) groups is 1. The zero-order valence-electron chi connectivity index (χ0n) is 13.1. The second-order valence-corrected chi connectivity index (χ2v) is 11.7. The standard InChI is InChI=1S/C15H29NO2SSi/c1-12-13(2)18-20(3,17-12)11-19-9-6-15-10-16-7-4-14(15)5-8-16/h12-15H,4-11H2,1-3H3. The molecule has 0 aliphatic carbocycles. The SMILES string of the molecule is CC1O[Si](C)(CSCCC2CN3CCC2CC3)OC1C. The van der Waals surface area contributed by atoms with Gasteiger partial charge in [0.25, 0.3) is 0 Å². The van der Waals surface area contributed by atoms with Gasteiger partial charge in [-0.05, 0) is 70.3 Å². The van der Waals surface area contributed by atoms with Gasteiger partial charge >= 0.3 is 8.56 Å². The lowest BCUT2D eigenvalue weighted by atomic mass is 9.78. The van der Waals surface area contributed by atoms with Crippen LogP contribution in [0.25, 0.3) is 0 Å². The number of rotatable bonds is 5. The highest BCUT2D eigenvalue weighted by atomic mass is 32.2. The lowest BCUT2D eigenvalue weighted by Gasteiger charge is -2.45. The van der Waals surface area contributed by atoms with E-state index in [0.29, 0.717) is 0 Å². The predicted molar refractivity (Wildman–Crippen MR) is 87.3 cm³/mol. The second-order valence-electron chi connectivity index (χ2n) is 7.02. The molecular formula is C15H29NO2SSi. The average molecular weight is 316 g/mol. The molecule has 0 saturated carbocycles. The fourth-order valence-electron chi connectivity index (χ4n) is 3.98. The van der Waals surface area contributed by atoms with Crippen LogP contribution in [-0.2, 0) is 8.85 Å². The zero-order chi connectivity index (χ0) is 14.2. The van der Waals surface area contributed by atoms with Gasteiger partial charge in [-0.3, -0.25) is 0 Å². The minimum absolute atomic E-state index is 0.286. The molecule has 20 heavy (non-hydrogen) atoms. The Kier molecular flexibility index (Phi) is 4.82. The van der Waals surface area contributed by atoms with Gasteiger partial charge in [-0.15, -0.1) is 0 Å². The Balaban J connectivity index is 1.36. The van der Waals surface area contributed by atoms with E-state index < -0.39 is 8.56 Å². The molecule has 116 valence electrons. The number of fused-ring (bicyclic) bond motifs is 3. The van der Waals surface area contributed by atoms with Gasteiger partial charge in [0.15, 0.2) is 0 Å². The Morgan fingerprint density at radius 2 is 1.80 bits per heavy atom. The fraction of sp³-hybridized carbons (Fsp3) is 1.00. The fourth-order valence-corrected chi connectivity index (χ4v) is 9.07. The molecule has 4 saturated heterocycles. The first-order valence-corrected chi connectivity index (χ1v) is 11.9. The van der Waals surface area contributed by atoms with Crippen molar-refractivity contribution in [2.24, 2.45) is 11.8 Å². The third kappa shape index (κ3) is 3.43. The van der Waals surface area contributed by atoms with E-state index in [-0.39, 0.29) is 12.2 Å². The smallest absolute Gasteiger partial charge is 0.345 e. The third-order valence-corrected chi connectivity index (χ3v) is 10.5. The zero-order valence-corrected chi connectivity index (χ0v) is 15.0. The summed E-state index contributed by atoms with van der Waals surface area (Å²) in [7, 11) is -1.86. The Bertz CT molecular complexity index is 326. The van der Waals surface area contributed by atoms with Gasteiger partial charge in [0.1, 0.15) is 0 Å². The Morgan fingerprint density at radius 1 is 1.15 bits per heavy atom. The molecule has 4 rings (SSSR count). The van der Waals surface area contributed by atoms with Gasteiger partial charge in [0.05, 0.1) is 12.2 Å². The molecule has 4 fully saturated rings. The highest BCUT2D eigenvalue weighted by molar-refractivity contribution is 8.00. The first kappa shape index (κ1) is 15.3.